The maximum atomic E-state index is 10.7. The van der Waals surface area contributed by atoms with Gasteiger partial charge in [-0.15, -0.1) is 0 Å². The van der Waals surface area contributed by atoms with E-state index in [-0.39, 0.29) is 12.2 Å². The van der Waals surface area contributed by atoms with E-state index in [0.29, 0.717) is 18.0 Å². The van der Waals surface area contributed by atoms with Crippen LogP contribution in [0.2, 0.25) is 0 Å². The molecule has 2 fully saturated rings. The predicted molar refractivity (Wildman–Crippen MR) is 79.8 cm³/mol. The summed E-state index contributed by atoms with van der Waals surface area (Å²) in [7, 11) is 1.74. The minimum atomic E-state index is -0.537. The van der Waals surface area contributed by atoms with Crippen LogP contribution in [-0.4, -0.2) is 49.2 Å². The zero-order valence-corrected chi connectivity index (χ0v) is 13.4. The van der Waals surface area contributed by atoms with E-state index in [2.05, 4.69) is 19.2 Å². The minimum Gasteiger partial charge on any atom is -0.389 e. The Bertz CT molecular complexity index is 309. The summed E-state index contributed by atoms with van der Waals surface area (Å²) in [6.45, 7) is 8.00. The number of nitrogens with one attached hydrogen (secondary N) is 1. The van der Waals surface area contributed by atoms with Gasteiger partial charge in [-0.3, -0.25) is 0 Å². The first-order chi connectivity index (χ1) is 9.39. The molecule has 0 aromatic heterocycles. The fourth-order valence-electron chi connectivity index (χ4n) is 3.36. The summed E-state index contributed by atoms with van der Waals surface area (Å²) in [4.78, 5) is 0. The van der Waals surface area contributed by atoms with Gasteiger partial charge in [0.15, 0.2) is 0 Å². The summed E-state index contributed by atoms with van der Waals surface area (Å²) >= 11 is 0. The van der Waals surface area contributed by atoms with E-state index in [1.165, 1.54) is 0 Å². The minimum absolute atomic E-state index is 0.124. The molecule has 2 aliphatic carbocycles. The van der Waals surface area contributed by atoms with Crippen molar-refractivity contribution in [2.75, 3.05) is 20.3 Å². The number of ether oxygens (including phenoxy) is 2. The Balaban J connectivity index is 1.76. The molecule has 4 nitrogen and oxygen atoms in total. The molecule has 2 saturated carbocycles. The molecule has 0 aromatic carbocycles. The van der Waals surface area contributed by atoms with Crippen LogP contribution in [0.5, 0.6) is 0 Å². The summed E-state index contributed by atoms with van der Waals surface area (Å²) in [5, 5.41) is 14.2. The second-order valence-corrected chi connectivity index (χ2v) is 7.31. The van der Waals surface area contributed by atoms with E-state index in [0.717, 1.165) is 38.7 Å². The van der Waals surface area contributed by atoms with Crippen molar-refractivity contribution >= 4 is 0 Å². The predicted octanol–water partition coefficient (Wildman–Crippen LogP) is 2.10. The summed E-state index contributed by atoms with van der Waals surface area (Å²) in [5.41, 5.74) is -0.150. The summed E-state index contributed by atoms with van der Waals surface area (Å²) in [5.74, 6) is 0. The van der Waals surface area contributed by atoms with Crippen LogP contribution in [0.1, 0.15) is 52.9 Å². The molecule has 0 bridgehead atoms. The van der Waals surface area contributed by atoms with Gasteiger partial charge in [0.25, 0.3) is 0 Å². The van der Waals surface area contributed by atoms with Gasteiger partial charge in [0, 0.05) is 26.3 Å². The van der Waals surface area contributed by atoms with Crippen LogP contribution in [0.4, 0.5) is 0 Å². The van der Waals surface area contributed by atoms with Crippen molar-refractivity contribution in [3.63, 3.8) is 0 Å². The molecule has 3 unspecified atom stereocenters. The van der Waals surface area contributed by atoms with E-state index < -0.39 is 5.60 Å². The summed E-state index contributed by atoms with van der Waals surface area (Å²) in [6.07, 6.45) is 5.31. The van der Waals surface area contributed by atoms with Crippen molar-refractivity contribution in [1.82, 2.24) is 5.32 Å². The number of rotatable bonds is 6. The fraction of sp³-hybridized carbons (Fsp3) is 1.00. The lowest BCUT2D eigenvalue weighted by atomic mass is 9.71. The highest BCUT2D eigenvalue weighted by Gasteiger charge is 2.44. The monoisotopic (exact) mass is 285 g/mol. The molecule has 2 rings (SSSR count). The second-order valence-electron chi connectivity index (χ2n) is 7.31. The van der Waals surface area contributed by atoms with Crippen LogP contribution >= 0.6 is 0 Å². The maximum absolute atomic E-state index is 10.7. The standard InChI is InChI=1S/C16H31NO3/c1-5-20-13-10-12(14(13)19-4)17-11-16(18)8-6-15(2,3)7-9-16/h12-14,17-18H,5-11H2,1-4H3. The van der Waals surface area contributed by atoms with Gasteiger partial charge in [-0.25, -0.2) is 0 Å². The van der Waals surface area contributed by atoms with Crippen molar-refractivity contribution in [1.29, 1.82) is 0 Å². The molecule has 0 amide bonds. The highest BCUT2D eigenvalue weighted by atomic mass is 16.5. The molecule has 2 N–H and O–H groups in total. The second kappa shape index (κ2) is 6.30. The zero-order chi connectivity index (χ0) is 14.8. The van der Waals surface area contributed by atoms with Gasteiger partial charge >= 0.3 is 0 Å². The van der Waals surface area contributed by atoms with E-state index in [1.54, 1.807) is 7.11 Å². The average Bonchev–Trinajstić information content (AvgIpc) is 2.38. The van der Waals surface area contributed by atoms with Crippen molar-refractivity contribution in [3.8, 4) is 0 Å². The maximum Gasteiger partial charge on any atom is 0.0986 e. The van der Waals surface area contributed by atoms with E-state index in [1.807, 2.05) is 6.92 Å². The molecular formula is C16H31NO3. The molecule has 0 saturated heterocycles. The van der Waals surface area contributed by atoms with Gasteiger partial charge in [-0.05, 0) is 44.4 Å². The number of aliphatic hydroxyl groups is 1. The number of hydrogen-bond acceptors (Lipinski definition) is 4. The lowest BCUT2D eigenvalue weighted by molar-refractivity contribution is -0.135. The quantitative estimate of drug-likeness (QED) is 0.785. The Morgan fingerprint density at radius 2 is 1.85 bits per heavy atom. The first-order valence-electron chi connectivity index (χ1n) is 7.99. The topological polar surface area (TPSA) is 50.7 Å². The third kappa shape index (κ3) is 3.73. The Hall–Kier alpha value is -0.160. The Labute approximate surface area is 123 Å². The van der Waals surface area contributed by atoms with Crippen molar-refractivity contribution in [3.05, 3.63) is 0 Å². The van der Waals surface area contributed by atoms with Crippen molar-refractivity contribution in [2.45, 2.75) is 76.7 Å². The molecular weight excluding hydrogens is 254 g/mol. The highest BCUT2D eigenvalue weighted by Crippen LogP contribution is 2.40. The molecule has 118 valence electrons. The van der Waals surface area contributed by atoms with Gasteiger partial charge in [0.2, 0.25) is 0 Å². The SMILES string of the molecule is CCOC1CC(NCC2(O)CCC(C)(C)CC2)C1OC. The van der Waals surface area contributed by atoms with Crippen LogP contribution in [0, 0.1) is 5.41 Å². The van der Waals surface area contributed by atoms with Gasteiger partial charge in [0.05, 0.1) is 17.8 Å². The summed E-state index contributed by atoms with van der Waals surface area (Å²) < 4.78 is 11.1. The van der Waals surface area contributed by atoms with Crippen LogP contribution in [0.3, 0.4) is 0 Å². The molecule has 4 heteroatoms. The smallest absolute Gasteiger partial charge is 0.0986 e. The number of hydrogen-bond donors (Lipinski definition) is 2. The van der Waals surface area contributed by atoms with Crippen molar-refractivity contribution in [2.24, 2.45) is 5.41 Å². The first kappa shape index (κ1) is 16.2. The number of methoxy groups -OCH3 is 1. The van der Waals surface area contributed by atoms with Gasteiger partial charge in [-0.2, -0.15) is 0 Å². The molecule has 3 atom stereocenters. The van der Waals surface area contributed by atoms with Crippen LogP contribution in [0.15, 0.2) is 0 Å². The molecule has 0 aromatic rings. The van der Waals surface area contributed by atoms with Crippen LogP contribution < -0.4 is 5.32 Å². The lowest BCUT2D eigenvalue weighted by Gasteiger charge is -2.46. The first-order valence-corrected chi connectivity index (χ1v) is 7.99. The normalized spacial score (nSPS) is 35.5. The Morgan fingerprint density at radius 1 is 1.20 bits per heavy atom. The molecule has 0 aliphatic heterocycles. The third-order valence-electron chi connectivity index (χ3n) is 5.13. The lowest BCUT2D eigenvalue weighted by Crippen LogP contribution is -2.62. The van der Waals surface area contributed by atoms with Gasteiger partial charge in [0.1, 0.15) is 0 Å². The van der Waals surface area contributed by atoms with Crippen LogP contribution in [0.25, 0.3) is 0 Å². The molecule has 0 heterocycles. The van der Waals surface area contributed by atoms with Crippen LogP contribution in [-0.2, 0) is 9.47 Å². The Morgan fingerprint density at radius 3 is 2.40 bits per heavy atom. The molecule has 0 spiro atoms. The average molecular weight is 285 g/mol. The fourth-order valence-corrected chi connectivity index (χ4v) is 3.36. The van der Waals surface area contributed by atoms with E-state index in [4.69, 9.17) is 9.47 Å². The van der Waals surface area contributed by atoms with Gasteiger partial charge < -0.3 is 19.9 Å². The van der Waals surface area contributed by atoms with E-state index >= 15 is 0 Å². The molecule has 2 aliphatic rings. The molecule has 0 radical (unpaired) electrons. The van der Waals surface area contributed by atoms with E-state index in [9.17, 15) is 5.11 Å². The zero-order valence-electron chi connectivity index (χ0n) is 13.4. The summed E-state index contributed by atoms with van der Waals surface area (Å²) in [6, 6.07) is 0.315. The van der Waals surface area contributed by atoms with Crippen molar-refractivity contribution < 1.29 is 14.6 Å². The largest absolute Gasteiger partial charge is 0.389 e. The molecule has 20 heavy (non-hydrogen) atoms. The highest BCUT2D eigenvalue weighted by molar-refractivity contribution is 4.99. The Kier molecular flexibility index (Phi) is 5.11. The third-order valence-corrected chi connectivity index (χ3v) is 5.13. The van der Waals surface area contributed by atoms with Gasteiger partial charge in [-0.1, -0.05) is 13.8 Å².